The summed E-state index contributed by atoms with van der Waals surface area (Å²) in [6.07, 6.45) is 3.74. The van der Waals surface area contributed by atoms with Crippen molar-refractivity contribution in [2.75, 3.05) is 13.7 Å². The molecule has 0 saturated carbocycles. The summed E-state index contributed by atoms with van der Waals surface area (Å²) >= 11 is 0. The fourth-order valence-corrected chi connectivity index (χ4v) is 1.46. The van der Waals surface area contributed by atoms with E-state index in [0.717, 1.165) is 18.8 Å². The molecule has 0 fully saturated rings. The molecule has 86 valence electrons. The van der Waals surface area contributed by atoms with Crippen molar-refractivity contribution >= 4 is 0 Å². The zero-order chi connectivity index (χ0) is 11.3. The van der Waals surface area contributed by atoms with E-state index in [1.165, 1.54) is 0 Å². The Morgan fingerprint density at radius 1 is 1.53 bits per heavy atom. The van der Waals surface area contributed by atoms with Gasteiger partial charge in [0.1, 0.15) is 0 Å². The van der Waals surface area contributed by atoms with Gasteiger partial charge in [-0.2, -0.15) is 0 Å². The lowest BCUT2D eigenvalue weighted by Crippen LogP contribution is -2.38. The molecule has 1 rings (SSSR count). The first-order valence-corrected chi connectivity index (χ1v) is 5.25. The van der Waals surface area contributed by atoms with Gasteiger partial charge in [-0.25, -0.2) is 4.98 Å². The molecule has 2 N–H and O–H groups in total. The monoisotopic (exact) mass is 211 g/mol. The van der Waals surface area contributed by atoms with Gasteiger partial charge in [0.05, 0.1) is 12.4 Å². The van der Waals surface area contributed by atoms with Crippen LogP contribution in [-0.2, 0) is 11.3 Å². The van der Waals surface area contributed by atoms with Crippen LogP contribution in [0.2, 0.25) is 0 Å². The summed E-state index contributed by atoms with van der Waals surface area (Å²) in [5.74, 6) is 0. The van der Waals surface area contributed by atoms with E-state index in [9.17, 15) is 0 Å². The molecule has 1 aromatic heterocycles. The van der Waals surface area contributed by atoms with Gasteiger partial charge in [-0.3, -0.25) is 0 Å². The molecular weight excluding hydrogens is 190 g/mol. The number of methoxy groups -OCH3 is 1. The van der Waals surface area contributed by atoms with Crippen molar-refractivity contribution in [3.63, 3.8) is 0 Å². The summed E-state index contributed by atoms with van der Waals surface area (Å²) in [6.45, 7) is 8.19. The fraction of sp³-hybridized carbons (Fsp3) is 0.727. The molecule has 0 spiro atoms. The Kier molecular flexibility index (Phi) is 4.29. The molecule has 1 aromatic rings. The minimum atomic E-state index is 0.162. The molecule has 0 aliphatic heterocycles. The number of imidazole rings is 1. The zero-order valence-corrected chi connectivity index (χ0v) is 10.0. The minimum Gasteiger partial charge on any atom is -0.380 e. The van der Waals surface area contributed by atoms with Gasteiger partial charge < -0.3 is 15.0 Å². The van der Waals surface area contributed by atoms with E-state index < -0.39 is 0 Å². The summed E-state index contributed by atoms with van der Waals surface area (Å²) < 4.78 is 5.45. The number of aromatic amines is 1. The van der Waals surface area contributed by atoms with Crippen molar-refractivity contribution in [1.82, 2.24) is 15.3 Å². The highest BCUT2D eigenvalue weighted by Crippen LogP contribution is 2.20. The van der Waals surface area contributed by atoms with Gasteiger partial charge in [0.15, 0.2) is 0 Å². The average Bonchev–Trinajstić information content (AvgIpc) is 2.62. The van der Waals surface area contributed by atoms with Crippen LogP contribution in [0.1, 0.15) is 26.5 Å². The van der Waals surface area contributed by atoms with Crippen LogP contribution < -0.4 is 5.32 Å². The van der Waals surface area contributed by atoms with Crippen LogP contribution in [0.4, 0.5) is 0 Å². The molecule has 1 unspecified atom stereocenters. The van der Waals surface area contributed by atoms with Gasteiger partial charge in [0, 0.05) is 32.1 Å². The summed E-state index contributed by atoms with van der Waals surface area (Å²) in [4.78, 5) is 7.02. The van der Waals surface area contributed by atoms with Crippen LogP contribution in [0.15, 0.2) is 12.5 Å². The number of nitrogens with one attached hydrogen (secondary N) is 2. The van der Waals surface area contributed by atoms with Gasteiger partial charge in [0.25, 0.3) is 0 Å². The number of hydrogen-bond donors (Lipinski definition) is 2. The van der Waals surface area contributed by atoms with Crippen LogP contribution >= 0.6 is 0 Å². The summed E-state index contributed by atoms with van der Waals surface area (Å²) in [6, 6.07) is 0. The van der Waals surface area contributed by atoms with Crippen LogP contribution in [-0.4, -0.2) is 29.7 Å². The molecule has 15 heavy (non-hydrogen) atoms. The first kappa shape index (κ1) is 12.2. The van der Waals surface area contributed by atoms with Crippen molar-refractivity contribution in [3.05, 3.63) is 18.2 Å². The maximum Gasteiger partial charge on any atom is 0.0922 e. The van der Waals surface area contributed by atoms with E-state index in [0.29, 0.717) is 0 Å². The third-order valence-corrected chi connectivity index (χ3v) is 2.45. The second kappa shape index (κ2) is 5.28. The van der Waals surface area contributed by atoms with Crippen LogP contribution in [0.5, 0.6) is 0 Å². The summed E-state index contributed by atoms with van der Waals surface area (Å²) in [5.41, 5.74) is 1.26. The lowest BCUT2D eigenvalue weighted by atomic mass is 9.89. The molecule has 4 nitrogen and oxygen atoms in total. The van der Waals surface area contributed by atoms with E-state index in [2.05, 4.69) is 36.1 Å². The quantitative estimate of drug-likeness (QED) is 0.777. The third kappa shape index (κ3) is 4.01. The highest BCUT2D eigenvalue weighted by molar-refractivity contribution is 4.93. The Hall–Kier alpha value is -0.870. The average molecular weight is 211 g/mol. The van der Waals surface area contributed by atoms with Crippen molar-refractivity contribution in [2.45, 2.75) is 33.4 Å². The summed E-state index contributed by atoms with van der Waals surface area (Å²) in [7, 11) is 1.76. The molecule has 0 aromatic carbocycles. The van der Waals surface area contributed by atoms with Gasteiger partial charge in [-0.05, 0) is 5.41 Å². The zero-order valence-electron chi connectivity index (χ0n) is 10.0. The number of H-pyrrole nitrogens is 1. The largest absolute Gasteiger partial charge is 0.380 e. The molecule has 0 saturated heterocycles. The minimum absolute atomic E-state index is 0.162. The normalized spacial score (nSPS) is 14.1. The standard InChI is InChI=1S/C11H21N3O/c1-11(2,3)10(15-4)7-12-5-9-6-13-8-14-9/h6,8,10,12H,5,7H2,1-4H3,(H,13,14). The Morgan fingerprint density at radius 3 is 2.73 bits per heavy atom. The van der Waals surface area contributed by atoms with Crippen molar-refractivity contribution in [2.24, 2.45) is 5.41 Å². The Labute approximate surface area is 91.4 Å². The molecule has 1 heterocycles. The van der Waals surface area contributed by atoms with Crippen molar-refractivity contribution in [3.8, 4) is 0 Å². The topological polar surface area (TPSA) is 49.9 Å². The van der Waals surface area contributed by atoms with Crippen LogP contribution in [0, 0.1) is 5.41 Å². The lowest BCUT2D eigenvalue weighted by Gasteiger charge is -2.29. The first-order chi connectivity index (χ1) is 7.04. The SMILES string of the molecule is COC(CNCc1cnc[nH]1)C(C)(C)C. The third-order valence-electron chi connectivity index (χ3n) is 2.45. The smallest absolute Gasteiger partial charge is 0.0922 e. The van der Waals surface area contributed by atoms with Gasteiger partial charge in [-0.15, -0.1) is 0 Å². The van der Waals surface area contributed by atoms with Crippen LogP contribution in [0.25, 0.3) is 0 Å². The van der Waals surface area contributed by atoms with Crippen LogP contribution in [0.3, 0.4) is 0 Å². The van der Waals surface area contributed by atoms with E-state index >= 15 is 0 Å². The molecular formula is C11H21N3O. The van der Waals surface area contributed by atoms with E-state index in [-0.39, 0.29) is 11.5 Å². The Morgan fingerprint density at radius 2 is 2.27 bits per heavy atom. The molecule has 0 aliphatic carbocycles. The number of hydrogen-bond acceptors (Lipinski definition) is 3. The number of aromatic nitrogens is 2. The maximum absolute atomic E-state index is 5.45. The predicted molar refractivity (Wildman–Crippen MR) is 60.5 cm³/mol. The number of ether oxygens (including phenoxy) is 1. The van der Waals surface area contributed by atoms with Gasteiger partial charge in [0.2, 0.25) is 0 Å². The van der Waals surface area contributed by atoms with E-state index in [1.54, 1.807) is 13.4 Å². The molecule has 1 atom stereocenters. The predicted octanol–water partition coefficient (Wildman–Crippen LogP) is 1.56. The molecule has 0 radical (unpaired) electrons. The van der Waals surface area contributed by atoms with Gasteiger partial charge in [-0.1, -0.05) is 20.8 Å². The van der Waals surface area contributed by atoms with E-state index in [1.807, 2.05) is 6.20 Å². The fourth-order valence-electron chi connectivity index (χ4n) is 1.46. The number of rotatable bonds is 5. The molecule has 0 aliphatic rings. The van der Waals surface area contributed by atoms with Crippen molar-refractivity contribution in [1.29, 1.82) is 0 Å². The molecule has 4 heteroatoms. The Bertz CT molecular complexity index is 264. The highest BCUT2D eigenvalue weighted by atomic mass is 16.5. The highest BCUT2D eigenvalue weighted by Gasteiger charge is 2.23. The molecule has 0 amide bonds. The second-order valence-electron chi connectivity index (χ2n) is 4.80. The summed E-state index contributed by atoms with van der Waals surface area (Å²) in [5, 5.41) is 3.35. The maximum atomic E-state index is 5.45. The first-order valence-electron chi connectivity index (χ1n) is 5.25. The molecule has 0 bridgehead atoms. The van der Waals surface area contributed by atoms with Gasteiger partial charge >= 0.3 is 0 Å². The lowest BCUT2D eigenvalue weighted by molar-refractivity contribution is 0.0173. The van der Waals surface area contributed by atoms with Crippen molar-refractivity contribution < 1.29 is 4.74 Å². The number of nitrogens with zero attached hydrogens (tertiary/aromatic N) is 1. The van der Waals surface area contributed by atoms with E-state index in [4.69, 9.17) is 4.74 Å². The Balaban J connectivity index is 2.29. The second-order valence-corrected chi connectivity index (χ2v) is 4.80.